The van der Waals surface area contributed by atoms with Gasteiger partial charge in [0.15, 0.2) is 11.5 Å². The maximum absolute atomic E-state index is 13.5. The van der Waals surface area contributed by atoms with Gasteiger partial charge in [0.05, 0.1) is 15.9 Å². The third-order valence-electron chi connectivity index (χ3n) is 6.75. The number of anilines is 1. The van der Waals surface area contributed by atoms with E-state index >= 15 is 0 Å². The van der Waals surface area contributed by atoms with Crippen LogP contribution in [0.2, 0.25) is 10.0 Å². The molecule has 4 amide bonds. The van der Waals surface area contributed by atoms with Gasteiger partial charge in [0.2, 0.25) is 0 Å². The quantitative estimate of drug-likeness (QED) is 0.0999. The Morgan fingerprint density at radius 2 is 1.60 bits per heavy atom. The highest BCUT2D eigenvalue weighted by atomic mass is 127. The Balaban J connectivity index is 1.35. The van der Waals surface area contributed by atoms with Crippen LogP contribution >= 0.6 is 45.8 Å². The summed E-state index contributed by atoms with van der Waals surface area (Å²) in [5, 5.41) is 3.25. The van der Waals surface area contributed by atoms with Gasteiger partial charge in [-0.05, 0) is 102 Å². The minimum absolute atomic E-state index is 0.167. The summed E-state index contributed by atoms with van der Waals surface area (Å²) in [4.78, 5) is 40.0. The second kappa shape index (κ2) is 14.4. The van der Waals surface area contributed by atoms with Gasteiger partial charge in [0, 0.05) is 15.6 Å². The van der Waals surface area contributed by atoms with Gasteiger partial charge in [0.1, 0.15) is 24.5 Å². The number of barbiturate groups is 1. The number of carbonyl (C=O) groups is 3. The van der Waals surface area contributed by atoms with Crippen LogP contribution in [0.3, 0.4) is 0 Å². The molecule has 4 aromatic rings. The third kappa shape index (κ3) is 7.78. The maximum Gasteiger partial charge on any atom is 0.335 e. The lowest BCUT2D eigenvalue weighted by Crippen LogP contribution is -2.54. The number of aryl methyl sites for hydroxylation is 1. The lowest BCUT2D eigenvalue weighted by atomic mass is 10.1. The summed E-state index contributed by atoms with van der Waals surface area (Å²) in [6.45, 7) is 4.73. The minimum atomic E-state index is -0.843. The molecule has 5 rings (SSSR count). The van der Waals surface area contributed by atoms with Crippen molar-refractivity contribution in [1.29, 1.82) is 0 Å². The Labute approximate surface area is 284 Å². The molecule has 11 heteroatoms. The molecular formula is C34H27Cl2IN2O6. The molecule has 0 atom stereocenters. The number of hydrogen-bond acceptors (Lipinski definition) is 6. The lowest BCUT2D eigenvalue weighted by molar-refractivity contribution is -0.122. The average molecular weight is 757 g/mol. The minimum Gasteiger partial charge on any atom is -0.490 e. The number of ether oxygens (including phenoxy) is 3. The third-order valence-corrected chi connectivity index (χ3v) is 8.14. The zero-order chi connectivity index (χ0) is 32.1. The van der Waals surface area contributed by atoms with E-state index in [1.54, 1.807) is 54.6 Å². The number of benzene rings is 4. The molecule has 0 radical (unpaired) electrons. The number of rotatable bonds is 10. The lowest BCUT2D eigenvalue weighted by Gasteiger charge is -2.26. The number of halogens is 3. The Hall–Kier alpha value is -4.06. The van der Waals surface area contributed by atoms with Crippen molar-refractivity contribution >= 4 is 75.4 Å². The largest absolute Gasteiger partial charge is 0.490 e. The normalized spacial score (nSPS) is 14.0. The predicted molar refractivity (Wildman–Crippen MR) is 182 cm³/mol. The van der Waals surface area contributed by atoms with Gasteiger partial charge >= 0.3 is 6.03 Å². The fraction of sp³-hybridized carbons (Fsp3) is 0.147. The highest BCUT2D eigenvalue weighted by Gasteiger charge is 2.37. The van der Waals surface area contributed by atoms with Crippen molar-refractivity contribution in [2.45, 2.75) is 27.1 Å². The molecule has 1 heterocycles. The second-order valence-electron chi connectivity index (χ2n) is 10.0. The molecule has 1 aliphatic rings. The van der Waals surface area contributed by atoms with Crippen LogP contribution in [0.5, 0.6) is 17.2 Å². The van der Waals surface area contributed by atoms with Gasteiger partial charge in [-0.2, -0.15) is 0 Å². The van der Waals surface area contributed by atoms with E-state index < -0.39 is 17.8 Å². The summed E-state index contributed by atoms with van der Waals surface area (Å²) in [5.74, 6) is -0.104. The molecular weight excluding hydrogens is 730 g/mol. The molecule has 45 heavy (non-hydrogen) atoms. The highest BCUT2D eigenvalue weighted by molar-refractivity contribution is 14.1. The Morgan fingerprint density at radius 3 is 2.29 bits per heavy atom. The number of nitrogens with zero attached hydrogens (tertiary/aromatic N) is 1. The van der Waals surface area contributed by atoms with Crippen molar-refractivity contribution in [1.82, 2.24) is 5.32 Å². The van der Waals surface area contributed by atoms with Crippen LogP contribution in [-0.4, -0.2) is 24.5 Å². The van der Waals surface area contributed by atoms with E-state index in [1.165, 1.54) is 6.08 Å². The molecule has 0 saturated carbocycles. The Bertz CT molecular complexity index is 1790. The van der Waals surface area contributed by atoms with E-state index in [4.69, 9.17) is 37.4 Å². The standard InChI is InChI=1S/C34H27Cl2IN2O6/c1-3-43-30-16-22(15-29(37)31(30)45-19-23-8-9-24(35)17-28(23)36)14-27-32(40)38-34(42)39(33(27)41)25-10-12-26(13-11-25)44-18-21-6-4-20(2)5-7-21/h4-17H,3,18-19H2,1-2H3,(H,38,40,42)/b27-14+. The molecule has 1 saturated heterocycles. The first-order valence-corrected chi connectivity index (χ1v) is 15.7. The summed E-state index contributed by atoms with van der Waals surface area (Å²) < 4.78 is 18.4. The van der Waals surface area contributed by atoms with Gasteiger partial charge in [-0.1, -0.05) is 59.1 Å². The molecule has 8 nitrogen and oxygen atoms in total. The number of imide groups is 2. The van der Waals surface area contributed by atoms with Gasteiger partial charge < -0.3 is 14.2 Å². The number of nitrogens with one attached hydrogen (secondary N) is 1. The van der Waals surface area contributed by atoms with Crippen LogP contribution < -0.4 is 24.4 Å². The van der Waals surface area contributed by atoms with Crippen molar-refractivity contribution in [3.05, 3.63) is 120 Å². The molecule has 1 fully saturated rings. The van der Waals surface area contributed by atoms with Crippen LogP contribution in [-0.2, 0) is 22.8 Å². The van der Waals surface area contributed by atoms with Crippen molar-refractivity contribution < 1.29 is 28.6 Å². The van der Waals surface area contributed by atoms with Gasteiger partial charge in [-0.3, -0.25) is 14.9 Å². The molecule has 0 aliphatic carbocycles. The van der Waals surface area contributed by atoms with E-state index in [1.807, 2.05) is 38.1 Å². The molecule has 1 aliphatic heterocycles. The van der Waals surface area contributed by atoms with Crippen LogP contribution in [0.15, 0.2) is 84.4 Å². The SMILES string of the molecule is CCOc1cc(/C=C2\C(=O)NC(=O)N(c3ccc(OCc4ccc(C)cc4)cc3)C2=O)cc(I)c1OCc1ccc(Cl)cc1Cl. The fourth-order valence-electron chi connectivity index (χ4n) is 4.46. The molecule has 230 valence electrons. The summed E-state index contributed by atoms with van der Waals surface area (Å²) in [7, 11) is 0. The van der Waals surface area contributed by atoms with Crippen molar-refractivity contribution in [2.24, 2.45) is 0 Å². The average Bonchev–Trinajstić information content (AvgIpc) is 3.00. The molecule has 1 N–H and O–H groups in total. The van der Waals surface area contributed by atoms with Gasteiger partial charge in [0.25, 0.3) is 11.8 Å². The van der Waals surface area contributed by atoms with Gasteiger partial charge in [-0.15, -0.1) is 0 Å². The van der Waals surface area contributed by atoms with E-state index in [9.17, 15) is 14.4 Å². The van der Waals surface area contributed by atoms with Crippen LogP contribution in [0.25, 0.3) is 6.08 Å². The molecule has 4 aromatic carbocycles. The van der Waals surface area contributed by atoms with E-state index in [2.05, 4.69) is 27.9 Å². The number of hydrogen-bond donors (Lipinski definition) is 1. The van der Waals surface area contributed by atoms with Crippen molar-refractivity contribution in [2.75, 3.05) is 11.5 Å². The molecule has 0 unspecified atom stereocenters. The smallest absolute Gasteiger partial charge is 0.335 e. The van der Waals surface area contributed by atoms with E-state index in [0.29, 0.717) is 49.6 Å². The first-order chi connectivity index (χ1) is 21.6. The van der Waals surface area contributed by atoms with Gasteiger partial charge in [-0.25, -0.2) is 9.69 Å². The second-order valence-corrected chi connectivity index (χ2v) is 12.0. The number of carbonyl (C=O) groups excluding carboxylic acids is 3. The van der Waals surface area contributed by atoms with Crippen LogP contribution in [0, 0.1) is 10.5 Å². The van der Waals surface area contributed by atoms with E-state index in [0.717, 1.165) is 21.6 Å². The monoisotopic (exact) mass is 756 g/mol. The maximum atomic E-state index is 13.5. The first-order valence-electron chi connectivity index (χ1n) is 13.9. The summed E-state index contributed by atoms with van der Waals surface area (Å²) in [6, 6.07) is 22.2. The zero-order valence-corrected chi connectivity index (χ0v) is 27.9. The highest BCUT2D eigenvalue weighted by Crippen LogP contribution is 2.36. The molecule has 0 bridgehead atoms. The van der Waals surface area contributed by atoms with Crippen molar-refractivity contribution in [3.63, 3.8) is 0 Å². The summed E-state index contributed by atoms with van der Waals surface area (Å²) in [5.41, 5.74) is 3.49. The predicted octanol–water partition coefficient (Wildman–Crippen LogP) is 8.13. The summed E-state index contributed by atoms with van der Waals surface area (Å²) >= 11 is 14.4. The molecule has 0 spiro atoms. The first kappa shape index (κ1) is 32.3. The van der Waals surface area contributed by atoms with Crippen LogP contribution in [0.4, 0.5) is 10.5 Å². The summed E-state index contributed by atoms with van der Waals surface area (Å²) in [6.07, 6.45) is 1.42. The van der Waals surface area contributed by atoms with Crippen LogP contribution in [0.1, 0.15) is 29.2 Å². The zero-order valence-electron chi connectivity index (χ0n) is 24.2. The fourth-order valence-corrected chi connectivity index (χ4v) is 5.71. The number of urea groups is 1. The van der Waals surface area contributed by atoms with E-state index in [-0.39, 0.29) is 17.9 Å². The topological polar surface area (TPSA) is 94.2 Å². The Morgan fingerprint density at radius 1 is 0.867 bits per heavy atom. The number of amides is 4. The van der Waals surface area contributed by atoms with Crippen molar-refractivity contribution in [3.8, 4) is 17.2 Å². The molecule has 0 aromatic heterocycles. The Kier molecular flexibility index (Phi) is 10.3.